The van der Waals surface area contributed by atoms with Crippen LogP contribution in [0.3, 0.4) is 0 Å². The van der Waals surface area contributed by atoms with E-state index in [1.165, 1.54) is 29.2 Å². The third-order valence-corrected chi connectivity index (χ3v) is 6.87. The molecule has 0 aliphatic carbocycles. The van der Waals surface area contributed by atoms with Crippen LogP contribution in [-0.4, -0.2) is 49.4 Å². The van der Waals surface area contributed by atoms with Crippen molar-refractivity contribution < 1.29 is 38.2 Å². The average molecular weight is 572 g/mol. The summed E-state index contributed by atoms with van der Waals surface area (Å²) in [5, 5.41) is 0. The zero-order valence-corrected chi connectivity index (χ0v) is 23.7. The van der Waals surface area contributed by atoms with Gasteiger partial charge in [0.2, 0.25) is 5.91 Å². The first kappa shape index (κ1) is 30.2. The van der Waals surface area contributed by atoms with Crippen molar-refractivity contribution in [1.82, 2.24) is 0 Å². The molecule has 0 radical (unpaired) electrons. The minimum absolute atomic E-state index is 0.0463. The fourth-order valence-corrected chi connectivity index (χ4v) is 4.40. The van der Waals surface area contributed by atoms with Crippen LogP contribution in [0, 0.1) is 12.8 Å². The van der Waals surface area contributed by atoms with E-state index in [0.29, 0.717) is 23.4 Å². The van der Waals surface area contributed by atoms with Gasteiger partial charge >= 0.3 is 17.9 Å². The highest BCUT2D eigenvalue weighted by atomic mass is 16.5. The van der Waals surface area contributed by atoms with Gasteiger partial charge < -0.3 is 19.1 Å². The summed E-state index contributed by atoms with van der Waals surface area (Å²) < 4.78 is 15.8. The highest BCUT2D eigenvalue weighted by molar-refractivity contribution is 6.01. The summed E-state index contributed by atoms with van der Waals surface area (Å²) in [5.74, 6) is -2.72. The molecule has 1 heterocycles. The number of rotatable bonds is 12. The highest BCUT2D eigenvalue weighted by Gasteiger charge is 2.36. The number of ketones is 1. The summed E-state index contributed by atoms with van der Waals surface area (Å²) in [7, 11) is 0. The predicted octanol–water partition coefficient (Wildman–Crippen LogP) is 5.34. The van der Waals surface area contributed by atoms with Crippen molar-refractivity contribution in [2.75, 3.05) is 24.7 Å². The van der Waals surface area contributed by atoms with Crippen LogP contribution < -0.4 is 9.64 Å². The van der Waals surface area contributed by atoms with Gasteiger partial charge in [0.15, 0.2) is 12.4 Å². The van der Waals surface area contributed by atoms with Crippen LogP contribution in [0.15, 0.2) is 72.8 Å². The van der Waals surface area contributed by atoms with Gasteiger partial charge in [0.05, 0.1) is 23.7 Å². The Kier molecular flexibility index (Phi) is 10.2. The molecular formula is C33H33NO8. The van der Waals surface area contributed by atoms with Gasteiger partial charge in [-0.3, -0.25) is 14.4 Å². The summed E-state index contributed by atoms with van der Waals surface area (Å²) >= 11 is 0. The lowest BCUT2D eigenvalue weighted by Gasteiger charge is -2.17. The van der Waals surface area contributed by atoms with Gasteiger partial charge in [-0.15, -0.1) is 0 Å². The number of ether oxygens (including phenoxy) is 3. The monoisotopic (exact) mass is 571 g/mol. The van der Waals surface area contributed by atoms with Crippen LogP contribution in [0.5, 0.6) is 5.75 Å². The van der Waals surface area contributed by atoms with Crippen molar-refractivity contribution >= 4 is 35.3 Å². The molecule has 1 atom stereocenters. The summed E-state index contributed by atoms with van der Waals surface area (Å²) in [4.78, 5) is 63.8. The number of hydrogen-bond donors (Lipinski definition) is 0. The predicted molar refractivity (Wildman–Crippen MR) is 155 cm³/mol. The van der Waals surface area contributed by atoms with Gasteiger partial charge in [0.25, 0.3) is 0 Å². The minimum Gasteiger partial charge on any atom is -0.462 e. The molecule has 0 spiro atoms. The van der Waals surface area contributed by atoms with Gasteiger partial charge in [-0.05, 0) is 74.0 Å². The molecular weight excluding hydrogens is 538 g/mol. The number of benzene rings is 3. The second kappa shape index (κ2) is 14.2. The standard InChI is InChI=1S/C33H33NO8/c1-3-4-5-18-40-31(37)24-10-14-27(15-11-24)34-20-26(19-30(34)36)32(38)41-21-29(35)23-12-16-28(17-13-23)42-33(39)25-8-6-22(2)7-9-25/h6-17,26H,3-5,18-21H2,1-2H3/t26-/m0/s1. The van der Waals surface area contributed by atoms with E-state index in [1.807, 2.05) is 19.1 Å². The third kappa shape index (κ3) is 7.90. The van der Waals surface area contributed by atoms with Crippen LogP contribution in [0.2, 0.25) is 0 Å². The summed E-state index contributed by atoms with van der Waals surface area (Å²) in [6, 6.07) is 19.4. The zero-order valence-electron chi connectivity index (χ0n) is 23.7. The molecule has 1 saturated heterocycles. The second-order valence-corrected chi connectivity index (χ2v) is 10.1. The molecule has 9 nitrogen and oxygen atoms in total. The van der Waals surface area contributed by atoms with E-state index in [9.17, 15) is 24.0 Å². The van der Waals surface area contributed by atoms with Crippen molar-refractivity contribution in [2.24, 2.45) is 5.92 Å². The molecule has 3 aromatic rings. The Hall–Kier alpha value is -4.79. The molecule has 218 valence electrons. The molecule has 1 amide bonds. The van der Waals surface area contributed by atoms with Crippen molar-refractivity contribution in [3.05, 3.63) is 95.1 Å². The summed E-state index contributed by atoms with van der Waals surface area (Å²) in [6.45, 7) is 3.97. The number of anilines is 1. The van der Waals surface area contributed by atoms with Crippen LogP contribution in [0.25, 0.3) is 0 Å². The quantitative estimate of drug-likeness (QED) is 0.124. The van der Waals surface area contributed by atoms with Gasteiger partial charge in [-0.1, -0.05) is 37.5 Å². The smallest absolute Gasteiger partial charge is 0.343 e. The van der Waals surface area contributed by atoms with Crippen LogP contribution in [0.4, 0.5) is 5.69 Å². The molecule has 0 unspecified atom stereocenters. The van der Waals surface area contributed by atoms with Crippen LogP contribution >= 0.6 is 0 Å². The number of aryl methyl sites for hydroxylation is 1. The van der Waals surface area contributed by atoms with Gasteiger partial charge in [0.1, 0.15) is 5.75 Å². The first-order valence-corrected chi connectivity index (χ1v) is 13.9. The number of hydrogen-bond acceptors (Lipinski definition) is 8. The number of carbonyl (C=O) groups excluding carboxylic acids is 5. The number of unbranched alkanes of at least 4 members (excludes halogenated alkanes) is 2. The van der Waals surface area contributed by atoms with Gasteiger partial charge in [-0.2, -0.15) is 0 Å². The Morgan fingerprint density at radius 3 is 2.07 bits per heavy atom. The first-order chi connectivity index (χ1) is 20.2. The fourth-order valence-electron chi connectivity index (χ4n) is 4.40. The Balaban J connectivity index is 1.24. The molecule has 0 bridgehead atoms. The molecule has 4 rings (SSSR count). The van der Waals surface area contributed by atoms with Crippen molar-refractivity contribution in [1.29, 1.82) is 0 Å². The summed E-state index contributed by atoms with van der Waals surface area (Å²) in [6.07, 6.45) is 2.78. The topological polar surface area (TPSA) is 116 Å². The van der Waals surface area contributed by atoms with E-state index in [0.717, 1.165) is 24.8 Å². The van der Waals surface area contributed by atoms with E-state index < -0.39 is 36.2 Å². The lowest BCUT2D eigenvalue weighted by molar-refractivity contribution is -0.147. The Morgan fingerprint density at radius 1 is 0.786 bits per heavy atom. The number of nitrogens with zero attached hydrogens (tertiary/aromatic N) is 1. The van der Waals surface area contributed by atoms with Crippen molar-refractivity contribution in [3.63, 3.8) is 0 Å². The summed E-state index contributed by atoms with van der Waals surface area (Å²) in [5.41, 5.74) is 2.65. The van der Waals surface area contributed by atoms with Gasteiger partial charge in [-0.25, -0.2) is 9.59 Å². The normalized spacial score (nSPS) is 14.4. The molecule has 3 aromatic carbocycles. The van der Waals surface area contributed by atoms with Crippen molar-refractivity contribution in [3.8, 4) is 5.75 Å². The molecule has 1 aliphatic rings. The Morgan fingerprint density at radius 2 is 1.40 bits per heavy atom. The minimum atomic E-state index is -0.725. The van der Waals surface area contributed by atoms with E-state index in [1.54, 1.807) is 36.4 Å². The molecule has 42 heavy (non-hydrogen) atoms. The molecule has 0 N–H and O–H groups in total. The maximum absolute atomic E-state index is 12.7. The lowest BCUT2D eigenvalue weighted by Crippen LogP contribution is -2.27. The van der Waals surface area contributed by atoms with Crippen LogP contribution in [-0.2, 0) is 19.1 Å². The zero-order chi connectivity index (χ0) is 30.1. The average Bonchev–Trinajstić information content (AvgIpc) is 3.40. The molecule has 1 fully saturated rings. The maximum atomic E-state index is 12.7. The fraction of sp³-hybridized carbons (Fsp3) is 0.303. The van der Waals surface area contributed by atoms with E-state index in [2.05, 4.69) is 6.92 Å². The Bertz CT molecular complexity index is 1430. The van der Waals surface area contributed by atoms with E-state index in [-0.39, 0.29) is 30.2 Å². The molecule has 0 saturated carbocycles. The molecule has 0 aromatic heterocycles. The van der Waals surface area contributed by atoms with E-state index in [4.69, 9.17) is 14.2 Å². The van der Waals surface area contributed by atoms with E-state index >= 15 is 0 Å². The highest BCUT2D eigenvalue weighted by Crippen LogP contribution is 2.26. The molecule has 1 aliphatic heterocycles. The first-order valence-electron chi connectivity index (χ1n) is 13.9. The lowest BCUT2D eigenvalue weighted by atomic mass is 10.1. The number of Topliss-reactive ketones (excluding diaryl/α,β-unsaturated/α-hetero) is 1. The molecule has 9 heteroatoms. The number of carbonyl (C=O) groups is 5. The second-order valence-electron chi connectivity index (χ2n) is 10.1. The van der Waals surface area contributed by atoms with Crippen molar-refractivity contribution in [2.45, 2.75) is 39.5 Å². The van der Waals surface area contributed by atoms with Gasteiger partial charge in [0, 0.05) is 24.2 Å². The number of amides is 1. The maximum Gasteiger partial charge on any atom is 0.343 e. The Labute approximate surface area is 244 Å². The SMILES string of the molecule is CCCCCOC(=O)c1ccc(N2C[C@@H](C(=O)OCC(=O)c3ccc(OC(=O)c4ccc(C)cc4)cc3)CC2=O)cc1. The van der Waals surface area contributed by atoms with Crippen LogP contribution in [0.1, 0.15) is 69.2 Å². The third-order valence-electron chi connectivity index (χ3n) is 6.87. The number of esters is 3. The largest absolute Gasteiger partial charge is 0.462 e.